The van der Waals surface area contributed by atoms with Crippen LogP contribution >= 0.6 is 11.3 Å². The quantitative estimate of drug-likeness (QED) is 0.842. The molecule has 5 nitrogen and oxygen atoms in total. The fourth-order valence-corrected chi connectivity index (χ4v) is 4.28. The number of hydrogen-bond acceptors (Lipinski definition) is 5. The standard InChI is InChI=1S/C18H22N4OS/c1-13-14-6-10-21(17(23)16-5-4-12-24-16)11-7-15(14)20-18(19-13)22-8-2-3-9-22/h4-5,12H,2-3,6-11H2,1H3. The molecule has 2 aliphatic heterocycles. The van der Waals surface area contributed by atoms with Gasteiger partial charge >= 0.3 is 0 Å². The van der Waals surface area contributed by atoms with Gasteiger partial charge in [0, 0.05) is 38.3 Å². The SMILES string of the molecule is Cc1nc(N2CCCC2)nc2c1CCN(C(=O)c1cccs1)CC2. The van der Waals surface area contributed by atoms with Crippen LogP contribution in [0.1, 0.15) is 39.5 Å². The lowest BCUT2D eigenvalue weighted by Crippen LogP contribution is -2.32. The third-order valence-corrected chi connectivity index (χ3v) is 5.80. The maximum atomic E-state index is 12.6. The molecule has 2 aromatic rings. The maximum absolute atomic E-state index is 12.6. The number of thiophene rings is 1. The largest absolute Gasteiger partial charge is 0.341 e. The average molecular weight is 342 g/mol. The first-order chi connectivity index (χ1) is 11.7. The Morgan fingerprint density at radius 1 is 1.12 bits per heavy atom. The van der Waals surface area contributed by atoms with Gasteiger partial charge < -0.3 is 9.80 Å². The smallest absolute Gasteiger partial charge is 0.263 e. The highest BCUT2D eigenvalue weighted by Gasteiger charge is 2.24. The zero-order chi connectivity index (χ0) is 16.5. The molecule has 0 bridgehead atoms. The fourth-order valence-electron chi connectivity index (χ4n) is 3.59. The average Bonchev–Trinajstić information content (AvgIpc) is 3.25. The van der Waals surface area contributed by atoms with Crippen molar-refractivity contribution in [2.75, 3.05) is 31.1 Å². The monoisotopic (exact) mass is 342 g/mol. The summed E-state index contributed by atoms with van der Waals surface area (Å²) < 4.78 is 0. The maximum Gasteiger partial charge on any atom is 0.263 e. The Labute approximate surface area is 146 Å². The molecule has 126 valence electrons. The minimum absolute atomic E-state index is 0.142. The van der Waals surface area contributed by atoms with E-state index in [0.717, 1.165) is 61.2 Å². The molecule has 24 heavy (non-hydrogen) atoms. The molecule has 2 aliphatic rings. The van der Waals surface area contributed by atoms with E-state index in [2.05, 4.69) is 11.8 Å². The van der Waals surface area contributed by atoms with Crippen molar-refractivity contribution in [1.29, 1.82) is 0 Å². The van der Waals surface area contributed by atoms with E-state index in [1.807, 2.05) is 22.4 Å². The van der Waals surface area contributed by atoms with Gasteiger partial charge in [-0.1, -0.05) is 6.07 Å². The highest BCUT2D eigenvalue weighted by atomic mass is 32.1. The predicted octanol–water partition coefficient (Wildman–Crippen LogP) is 2.69. The predicted molar refractivity (Wildman–Crippen MR) is 95.8 cm³/mol. The molecule has 0 saturated carbocycles. The third kappa shape index (κ3) is 2.90. The van der Waals surface area contributed by atoms with Gasteiger partial charge in [-0.2, -0.15) is 0 Å². The fraction of sp³-hybridized carbons (Fsp3) is 0.500. The second kappa shape index (κ2) is 6.51. The lowest BCUT2D eigenvalue weighted by Gasteiger charge is -2.19. The van der Waals surface area contributed by atoms with Gasteiger partial charge in [0.1, 0.15) is 0 Å². The summed E-state index contributed by atoms with van der Waals surface area (Å²) in [4.78, 5) is 27.3. The molecule has 0 aliphatic carbocycles. The molecule has 0 radical (unpaired) electrons. The second-order valence-corrected chi connectivity index (χ2v) is 7.45. The van der Waals surface area contributed by atoms with Crippen LogP contribution in [0.3, 0.4) is 0 Å². The van der Waals surface area contributed by atoms with Crippen molar-refractivity contribution in [1.82, 2.24) is 14.9 Å². The minimum atomic E-state index is 0.142. The normalized spacial score (nSPS) is 17.7. The topological polar surface area (TPSA) is 49.3 Å². The van der Waals surface area contributed by atoms with Gasteiger partial charge in [0.05, 0.1) is 10.6 Å². The summed E-state index contributed by atoms with van der Waals surface area (Å²) in [5.41, 5.74) is 3.44. The number of nitrogens with zero attached hydrogens (tertiary/aromatic N) is 4. The van der Waals surface area contributed by atoms with Crippen LogP contribution in [-0.4, -0.2) is 47.0 Å². The van der Waals surface area contributed by atoms with Gasteiger partial charge in [0.15, 0.2) is 0 Å². The van der Waals surface area contributed by atoms with E-state index in [-0.39, 0.29) is 5.91 Å². The van der Waals surface area contributed by atoms with Crippen LogP contribution < -0.4 is 4.90 Å². The first kappa shape index (κ1) is 15.6. The molecular formula is C18H22N4OS. The van der Waals surface area contributed by atoms with Crippen molar-refractivity contribution < 1.29 is 4.79 Å². The number of anilines is 1. The van der Waals surface area contributed by atoms with Crippen LogP contribution in [0.4, 0.5) is 5.95 Å². The van der Waals surface area contributed by atoms with Crippen molar-refractivity contribution in [3.05, 3.63) is 39.3 Å². The van der Waals surface area contributed by atoms with E-state index in [9.17, 15) is 4.79 Å². The summed E-state index contributed by atoms with van der Waals surface area (Å²) in [6.07, 6.45) is 4.11. The second-order valence-electron chi connectivity index (χ2n) is 6.50. The van der Waals surface area contributed by atoms with Crippen LogP contribution in [0.15, 0.2) is 17.5 Å². The summed E-state index contributed by atoms with van der Waals surface area (Å²) in [6.45, 7) is 5.68. The zero-order valence-electron chi connectivity index (χ0n) is 14.0. The molecule has 0 N–H and O–H groups in total. The minimum Gasteiger partial charge on any atom is -0.341 e. The van der Waals surface area contributed by atoms with Crippen molar-refractivity contribution in [3.8, 4) is 0 Å². The molecule has 4 heterocycles. The summed E-state index contributed by atoms with van der Waals surface area (Å²) in [6, 6.07) is 3.84. The highest BCUT2D eigenvalue weighted by molar-refractivity contribution is 7.12. The summed E-state index contributed by atoms with van der Waals surface area (Å²) in [5.74, 6) is 1.02. The molecule has 2 aromatic heterocycles. The summed E-state index contributed by atoms with van der Waals surface area (Å²) in [5, 5.41) is 1.96. The Balaban J connectivity index is 1.56. The first-order valence-electron chi connectivity index (χ1n) is 8.66. The Morgan fingerprint density at radius 3 is 2.67 bits per heavy atom. The molecular weight excluding hydrogens is 320 g/mol. The van der Waals surface area contributed by atoms with Crippen LogP contribution in [0.25, 0.3) is 0 Å². The van der Waals surface area contributed by atoms with Gasteiger partial charge in [0.25, 0.3) is 5.91 Å². The van der Waals surface area contributed by atoms with E-state index in [4.69, 9.17) is 9.97 Å². The van der Waals surface area contributed by atoms with Crippen molar-refractivity contribution >= 4 is 23.2 Å². The Bertz CT molecular complexity index is 738. The third-order valence-electron chi connectivity index (χ3n) is 4.95. The van der Waals surface area contributed by atoms with E-state index in [0.29, 0.717) is 0 Å². The molecule has 0 unspecified atom stereocenters. The van der Waals surface area contributed by atoms with E-state index in [1.165, 1.54) is 29.7 Å². The Kier molecular flexibility index (Phi) is 4.22. The Hall–Kier alpha value is -1.95. The number of carbonyl (C=O) groups is 1. The van der Waals surface area contributed by atoms with E-state index in [1.54, 1.807) is 0 Å². The Morgan fingerprint density at radius 2 is 1.92 bits per heavy atom. The van der Waals surface area contributed by atoms with Gasteiger partial charge in [-0.05, 0) is 43.2 Å². The van der Waals surface area contributed by atoms with Crippen LogP contribution in [0, 0.1) is 6.92 Å². The van der Waals surface area contributed by atoms with Gasteiger partial charge in [0.2, 0.25) is 5.95 Å². The molecule has 6 heteroatoms. The number of hydrogen-bond donors (Lipinski definition) is 0. The molecule has 4 rings (SSSR count). The molecule has 1 amide bonds. The lowest BCUT2D eigenvalue weighted by molar-refractivity contribution is 0.0767. The molecule has 0 spiro atoms. The number of carbonyl (C=O) groups excluding carboxylic acids is 1. The number of aryl methyl sites for hydroxylation is 1. The van der Waals surface area contributed by atoms with Gasteiger partial charge in [-0.3, -0.25) is 4.79 Å². The molecule has 0 aromatic carbocycles. The molecule has 1 saturated heterocycles. The summed E-state index contributed by atoms with van der Waals surface area (Å²) >= 11 is 1.51. The van der Waals surface area contributed by atoms with Crippen molar-refractivity contribution in [2.24, 2.45) is 0 Å². The number of aromatic nitrogens is 2. The van der Waals surface area contributed by atoms with E-state index >= 15 is 0 Å². The zero-order valence-corrected chi connectivity index (χ0v) is 14.8. The van der Waals surface area contributed by atoms with Crippen molar-refractivity contribution in [2.45, 2.75) is 32.6 Å². The molecule has 0 atom stereocenters. The summed E-state index contributed by atoms with van der Waals surface area (Å²) in [7, 11) is 0. The van der Waals surface area contributed by atoms with Gasteiger partial charge in [-0.15, -0.1) is 11.3 Å². The molecule has 1 fully saturated rings. The van der Waals surface area contributed by atoms with E-state index < -0.39 is 0 Å². The van der Waals surface area contributed by atoms with Crippen molar-refractivity contribution in [3.63, 3.8) is 0 Å². The van der Waals surface area contributed by atoms with Crippen LogP contribution in [-0.2, 0) is 12.8 Å². The number of fused-ring (bicyclic) bond motifs is 1. The number of rotatable bonds is 2. The number of amides is 1. The highest BCUT2D eigenvalue weighted by Crippen LogP contribution is 2.23. The van der Waals surface area contributed by atoms with Gasteiger partial charge in [-0.25, -0.2) is 9.97 Å². The van der Waals surface area contributed by atoms with Crippen LogP contribution in [0.5, 0.6) is 0 Å². The van der Waals surface area contributed by atoms with Crippen LogP contribution in [0.2, 0.25) is 0 Å². The lowest BCUT2D eigenvalue weighted by atomic mass is 10.1. The first-order valence-corrected chi connectivity index (χ1v) is 9.54.